The van der Waals surface area contributed by atoms with Crippen LogP contribution in [0.4, 0.5) is 5.82 Å². The minimum atomic E-state index is -0.371. The summed E-state index contributed by atoms with van der Waals surface area (Å²) in [5.74, 6) is 0.499. The first-order chi connectivity index (χ1) is 10.2. The number of aryl methyl sites for hydroxylation is 1. The average Bonchev–Trinajstić information content (AvgIpc) is 2.92. The van der Waals surface area contributed by atoms with Gasteiger partial charge in [-0.2, -0.15) is 5.10 Å². The Morgan fingerprint density at radius 2 is 2.19 bits per heavy atom. The van der Waals surface area contributed by atoms with Crippen LogP contribution in [-0.4, -0.2) is 28.9 Å². The maximum atomic E-state index is 11.8. The molecule has 5 heteroatoms. The molecule has 0 spiro atoms. The minimum Gasteiger partial charge on any atom is -0.461 e. The number of aromatic nitrogens is 2. The van der Waals surface area contributed by atoms with Crippen molar-refractivity contribution in [3.05, 3.63) is 47.2 Å². The van der Waals surface area contributed by atoms with E-state index in [0.29, 0.717) is 12.3 Å². The van der Waals surface area contributed by atoms with Crippen molar-refractivity contribution < 1.29 is 9.53 Å². The van der Waals surface area contributed by atoms with Gasteiger partial charge in [-0.1, -0.05) is 29.8 Å². The van der Waals surface area contributed by atoms with E-state index < -0.39 is 0 Å². The van der Waals surface area contributed by atoms with E-state index in [1.165, 1.54) is 11.1 Å². The molecule has 1 aromatic carbocycles. The predicted molar refractivity (Wildman–Crippen MR) is 80.6 cm³/mol. The van der Waals surface area contributed by atoms with Gasteiger partial charge in [0.2, 0.25) is 0 Å². The van der Waals surface area contributed by atoms with Crippen LogP contribution in [0.1, 0.15) is 41.0 Å². The molecule has 1 aliphatic heterocycles. The van der Waals surface area contributed by atoms with Gasteiger partial charge in [0.25, 0.3) is 0 Å². The zero-order valence-corrected chi connectivity index (χ0v) is 12.3. The van der Waals surface area contributed by atoms with E-state index in [1.807, 2.05) is 4.68 Å². The highest BCUT2D eigenvalue weighted by Crippen LogP contribution is 2.30. The van der Waals surface area contributed by atoms with Crippen molar-refractivity contribution in [3.63, 3.8) is 0 Å². The Morgan fingerprint density at radius 1 is 1.43 bits per heavy atom. The lowest BCUT2D eigenvalue weighted by Crippen LogP contribution is -2.24. The van der Waals surface area contributed by atoms with E-state index in [4.69, 9.17) is 4.74 Å². The minimum absolute atomic E-state index is 0.157. The monoisotopic (exact) mass is 285 g/mol. The van der Waals surface area contributed by atoms with Crippen LogP contribution in [0.2, 0.25) is 0 Å². The van der Waals surface area contributed by atoms with Crippen LogP contribution >= 0.6 is 0 Å². The smallest absolute Gasteiger partial charge is 0.358 e. The molecule has 1 aromatic heterocycles. The van der Waals surface area contributed by atoms with Gasteiger partial charge in [0, 0.05) is 12.6 Å². The molecule has 0 saturated heterocycles. The summed E-state index contributed by atoms with van der Waals surface area (Å²) in [4.78, 5) is 11.8. The van der Waals surface area contributed by atoms with Gasteiger partial charge in [-0.25, -0.2) is 9.48 Å². The van der Waals surface area contributed by atoms with Gasteiger partial charge in [-0.3, -0.25) is 0 Å². The number of anilines is 1. The number of carbonyl (C=O) groups is 1. The van der Waals surface area contributed by atoms with Gasteiger partial charge in [0.1, 0.15) is 5.82 Å². The van der Waals surface area contributed by atoms with Crippen molar-refractivity contribution in [3.8, 4) is 0 Å². The fourth-order valence-electron chi connectivity index (χ4n) is 2.62. The molecule has 0 aliphatic carbocycles. The molecule has 2 heterocycles. The van der Waals surface area contributed by atoms with Crippen LogP contribution in [0.25, 0.3) is 0 Å². The molecule has 0 fully saturated rings. The number of carbonyl (C=O) groups excluding carboxylic acids is 1. The van der Waals surface area contributed by atoms with E-state index in [9.17, 15) is 4.79 Å². The summed E-state index contributed by atoms with van der Waals surface area (Å²) < 4.78 is 6.91. The molecule has 1 atom stereocenters. The fourth-order valence-corrected chi connectivity index (χ4v) is 2.62. The number of hydrogen-bond donors (Lipinski definition) is 1. The molecule has 1 aliphatic rings. The van der Waals surface area contributed by atoms with Crippen LogP contribution in [0, 0.1) is 6.92 Å². The van der Waals surface area contributed by atoms with Gasteiger partial charge in [-0.05, 0) is 25.8 Å². The zero-order chi connectivity index (χ0) is 14.8. The maximum absolute atomic E-state index is 11.8. The van der Waals surface area contributed by atoms with Crippen molar-refractivity contribution in [2.24, 2.45) is 0 Å². The first-order valence-electron chi connectivity index (χ1n) is 7.26. The molecule has 3 rings (SSSR count). The molecular weight excluding hydrogens is 266 g/mol. The molecule has 0 amide bonds. The lowest BCUT2D eigenvalue weighted by atomic mass is 10.0. The van der Waals surface area contributed by atoms with Gasteiger partial charge in [-0.15, -0.1) is 0 Å². The molecule has 5 nitrogen and oxygen atoms in total. The third-order valence-electron chi connectivity index (χ3n) is 3.70. The fraction of sp³-hybridized carbons (Fsp3) is 0.375. The maximum Gasteiger partial charge on any atom is 0.358 e. The van der Waals surface area contributed by atoms with Crippen LogP contribution < -0.4 is 5.32 Å². The summed E-state index contributed by atoms with van der Waals surface area (Å²) in [5.41, 5.74) is 2.81. The SMILES string of the molecule is CCOC(=O)c1cc2n(n1)C(c1ccc(C)cc1)CCN2. The van der Waals surface area contributed by atoms with Crippen LogP contribution in [0.5, 0.6) is 0 Å². The summed E-state index contributed by atoms with van der Waals surface area (Å²) >= 11 is 0. The van der Waals surface area contributed by atoms with Crippen molar-refractivity contribution in [2.45, 2.75) is 26.3 Å². The van der Waals surface area contributed by atoms with Gasteiger partial charge in [0.05, 0.1) is 12.6 Å². The topological polar surface area (TPSA) is 56.2 Å². The predicted octanol–water partition coefficient (Wildman–Crippen LogP) is 2.77. The molecule has 1 unspecified atom stereocenters. The second kappa shape index (κ2) is 5.60. The largest absolute Gasteiger partial charge is 0.461 e. The summed E-state index contributed by atoms with van der Waals surface area (Å²) in [6, 6.07) is 10.4. The summed E-state index contributed by atoms with van der Waals surface area (Å²) in [7, 11) is 0. The number of esters is 1. The number of nitrogens with one attached hydrogen (secondary N) is 1. The Hall–Kier alpha value is -2.30. The third-order valence-corrected chi connectivity index (χ3v) is 3.70. The van der Waals surface area contributed by atoms with Gasteiger partial charge >= 0.3 is 5.97 Å². The van der Waals surface area contributed by atoms with E-state index in [-0.39, 0.29) is 12.0 Å². The second-order valence-electron chi connectivity index (χ2n) is 5.22. The normalized spacial score (nSPS) is 17.0. The van der Waals surface area contributed by atoms with Crippen LogP contribution in [0.3, 0.4) is 0 Å². The Kier molecular flexibility index (Phi) is 3.64. The molecule has 110 valence electrons. The molecule has 0 bridgehead atoms. The van der Waals surface area contributed by atoms with Crippen molar-refractivity contribution >= 4 is 11.8 Å². The van der Waals surface area contributed by atoms with Crippen LogP contribution in [0.15, 0.2) is 30.3 Å². The Morgan fingerprint density at radius 3 is 2.90 bits per heavy atom. The highest BCUT2D eigenvalue weighted by molar-refractivity contribution is 5.88. The third kappa shape index (κ3) is 2.63. The van der Waals surface area contributed by atoms with Crippen molar-refractivity contribution in [2.75, 3.05) is 18.5 Å². The number of ether oxygens (including phenoxy) is 1. The Balaban J connectivity index is 1.94. The van der Waals surface area contributed by atoms with Gasteiger partial charge < -0.3 is 10.1 Å². The van der Waals surface area contributed by atoms with Crippen molar-refractivity contribution in [1.29, 1.82) is 0 Å². The summed E-state index contributed by atoms with van der Waals surface area (Å²) in [6.45, 7) is 5.09. The summed E-state index contributed by atoms with van der Waals surface area (Å²) in [6.07, 6.45) is 0.944. The quantitative estimate of drug-likeness (QED) is 0.881. The lowest BCUT2D eigenvalue weighted by molar-refractivity contribution is 0.0518. The van der Waals surface area contributed by atoms with E-state index in [1.54, 1.807) is 13.0 Å². The summed E-state index contributed by atoms with van der Waals surface area (Å²) in [5, 5.41) is 7.71. The van der Waals surface area contributed by atoms with Crippen LogP contribution in [-0.2, 0) is 4.74 Å². The first kappa shape index (κ1) is 13.7. The number of hydrogen-bond acceptors (Lipinski definition) is 4. The number of rotatable bonds is 3. The number of fused-ring (bicyclic) bond motifs is 1. The highest BCUT2D eigenvalue weighted by atomic mass is 16.5. The standard InChI is InChI=1S/C16H19N3O2/c1-3-21-16(20)13-10-15-17-9-8-14(19(15)18-13)12-6-4-11(2)5-7-12/h4-7,10,14,17H,3,8-9H2,1-2H3. The molecule has 0 saturated carbocycles. The van der Waals surface area contributed by atoms with E-state index in [2.05, 4.69) is 41.6 Å². The van der Waals surface area contributed by atoms with Gasteiger partial charge in [0.15, 0.2) is 5.69 Å². The Bertz CT molecular complexity index is 646. The Labute approximate surface area is 123 Å². The molecular formula is C16H19N3O2. The van der Waals surface area contributed by atoms with Crippen molar-refractivity contribution in [1.82, 2.24) is 9.78 Å². The van der Waals surface area contributed by atoms with E-state index >= 15 is 0 Å². The first-order valence-corrected chi connectivity index (χ1v) is 7.26. The highest BCUT2D eigenvalue weighted by Gasteiger charge is 2.25. The molecule has 2 aromatic rings. The van der Waals surface area contributed by atoms with E-state index in [0.717, 1.165) is 18.8 Å². The average molecular weight is 285 g/mol. The molecule has 0 radical (unpaired) electrons. The lowest BCUT2D eigenvalue weighted by Gasteiger charge is -2.26. The zero-order valence-electron chi connectivity index (χ0n) is 12.3. The molecule has 1 N–H and O–H groups in total. The number of benzene rings is 1. The number of nitrogens with zero attached hydrogens (tertiary/aromatic N) is 2. The second-order valence-corrected chi connectivity index (χ2v) is 5.22. The molecule has 21 heavy (non-hydrogen) atoms.